The Kier molecular flexibility index (Phi) is 4.93. The van der Waals surface area contributed by atoms with Gasteiger partial charge in [-0.25, -0.2) is 4.79 Å². The largest absolute Gasteiger partial charge is 0.454 e. The smallest absolute Gasteiger partial charge is 0.416 e. The molecule has 0 bridgehead atoms. The van der Waals surface area contributed by atoms with E-state index in [4.69, 9.17) is 14.2 Å². The summed E-state index contributed by atoms with van der Waals surface area (Å²) in [5.41, 5.74) is -0.881. The molecule has 2 aromatic carbocycles. The highest BCUT2D eigenvalue weighted by atomic mass is 19.4. The third kappa shape index (κ3) is 4.30. The number of hydrogen-bond acceptors (Lipinski definition) is 5. The highest BCUT2D eigenvalue weighted by Crippen LogP contribution is 2.34. The van der Waals surface area contributed by atoms with E-state index < -0.39 is 29.7 Å². The number of fused-ring (bicyclic) bond motifs is 1. The maximum absolute atomic E-state index is 12.7. The molecule has 142 valence electrons. The van der Waals surface area contributed by atoms with Crippen molar-refractivity contribution < 1.29 is 37.0 Å². The van der Waals surface area contributed by atoms with Crippen molar-refractivity contribution in [1.29, 1.82) is 0 Å². The van der Waals surface area contributed by atoms with E-state index in [9.17, 15) is 22.8 Å². The second-order valence-electron chi connectivity index (χ2n) is 5.68. The van der Waals surface area contributed by atoms with Crippen molar-refractivity contribution in [3.05, 3.63) is 53.6 Å². The van der Waals surface area contributed by atoms with E-state index in [1.165, 1.54) is 13.0 Å². The van der Waals surface area contributed by atoms with Gasteiger partial charge in [0, 0.05) is 11.8 Å². The summed E-state index contributed by atoms with van der Waals surface area (Å²) in [5, 5.41) is 2.53. The van der Waals surface area contributed by atoms with Crippen molar-refractivity contribution in [3.63, 3.8) is 0 Å². The van der Waals surface area contributed by atoms with Crippen molar-refractivity contribution in [2.45, 2.75) is 19.2 Å². The predicted octanol–water partition coefficient (Wildman–Crippen LogP) is 3.62. The standard InChI is InChI=1S/C18H14F3NO5/c1-10(16(23)22-13-5-6-14-15(8-13)26-9-25-14)27-17(24)11-3-2-4-12(7-11)18(19,20)21/h2-8,10H,9H2,1H3,(H,22,23)/t10-/m0/s1. The summed E-state index contributed by atoms with van der Waals surface area (Å²) < 4.78 is 53.5. The number of alkyl halides is 3. The van der Waals surface area contributed by atoms with Crippen LogP contribution in [0.25, 0.3) is 0 Å². The van der Waals surface area contributed by atoms with Gasteiger partial charge in [-0.05, 0) is 37.3 Å². The van der Waals surface area contributed by atoms with Gasteiger partial charge in [0.05, 0.1) is 11.1 Å². The highest BCUT2D eigenvalue weighted by molar-refractivity contribution is 5.97. The number of amides is 1. The minimum Gasteiger partial charge on any atom is -0.454 e. The third-order valence-corrected chi connectivity index (χ3v) is 3.72. The summed E-state index contributed by atoms with van der Waals surface area (Å²) in [6, 6.07) is 8.51. The summed E-state index contributed by atoms with van der Waals surface area (Å²) in [6.45, 7) is 1.39. The van der Waals surface area contributed by atoms with Gasteiger partial charge < -0.3 is 19.5 Å². The van der Waals surface area contributed by atoms with Gasteiger partial charge in [0.15, 0.2) is 17.6 Å². The van der Waals surface area contributed by atoms with Gasteiger partial charge in [-0.1, -0.05) is 6.07 Å². The number of halogens is 3. The fourth-order valence-electron chi connectivity index (χ4n) is 2.32. The number of anilines is 1. The zero-order valence-corrected chi connectivity index (χ0v) is 14.0. The summed E-state index contributed by atoms with van der Waals surface area (Å²) in [5.74, 6) is -0.679. The lowest BCUT2D eigenvalue weighted by molar-refractivity contribution is -0.137. The maximum atomic E-state index is 12.7. The van der Waals surface area contributed by atoms with Crippen molar-refractivity contribution in [2.75, 3.05) is 12.1 Å². The van der Waals surface area contributed by atoms with E-state index in [-0.39, 0.29) is 12.4 Å². The van der Waals surface area contributed by atoms with Gasteiger partial charge in [0.2, 0.25) is 6.79 Å². The second kappa shape index (κ2) is 7.18. The van der Waals surface area contributed by atoms with Crippen LogP contribution < -0.4 is 14.8 Å². The van der Waals surface area contributed by atoms with E-state index in [0.717, 1.165) is 12.1 Å². The van der Waals surface area contributed by atoms with E-state index in [2.05, 4.69) is 5.32 Å². The average molecular weight is 381 g/mol. The predicted molar refractivity (Wildman–Crippen MR) is 87.5 cm³/mol. The minimum atomic E-state index is -4.58. The van der Waals surface area contributed by atoms with Crippen LogP contribution in [0.15, 0.2) is 42.5 Å². The summed E-state index contributed by atoms with van der Waals surface area (Å²) in [7, 11) is 0. The molecular formula is C18H14F3NO5. The van der Waals surface area contributed by atoms with Crippen LogP contribution in [0.5, 0.6) is 11.5 Å². The van der Waals surface area contributed by atoms with E-state index >= 15 is 0 Å². The van der Waals surface area contributed by atoms with Crippen LogP contribution >= 0.6 is 0 Å². The fourth-order valence-corrected chi connectivity index (χ4v) is 2.32. The number of rotatable bonds is 4. The number of benzene rings is 2. The molecule has 1 aliphatic heterocycles. The Bertz CT molecular complexity index is 882. The van der Waals surface area contributed by atoms with E-state index in [0.29, 0.717) is 23.3 Å². The second-order valence-corrected chi connectivity index (χ2v) is 5.68. The van der Waals surface area contributed by atoms with Crippen molar-refractivity contribution in [1.82, 2.24) is 0 Å². The summed E-state index contributed by atoms with van der Waals surface area (Å²) in [6.07, 6.45) is -5.81. The SMILES string of the molecule is C[C@H](OC(=O)c1cccc(C(F)(F)F)c1)C(=O)Nc1ccc2c(c1)OCO2. The van der Waals surface area contributed by atoms with Crippen LogP contribution in [0.3, 0.4) is 0 Å². The number of hydrogen-bond donors (Lipinski definition) is 1. The molecule has 0 saturated heterocycles. The van der Waals surface area contributed by atoms with Gasteiger partial charge in [0.25, 0.3) is 5.91 Å². The Morgan fingerprint density at radius 3 is 2.59 bits per heavy atom. The number of carbonyl (C=O) groups is 2. The average Bonchev–Trinajstić information content (AvgIpc) is 3.08. The summed E-state index contributed by atoms with van der Waals surface area (Å²) in [4.78, 5) is 24.2. The molecular weight excluding hydrogens is 367 g/mol. The van der Waals surface area contributed by atoms with E-state index in [1.807, 2.05) is 0 Å². The monoisotopic (exact) mass is 381 g/mol. The molecule has 1 heterocycles. The normalized spacial score (nSPS) is 13.8. The molecule has 1 N–H and O–H groups in total. The zero-order valence-electron chi connectivity index (χ0n) is 14.0. The molecule has 0 unspecified atom stereocenters. The number of esters is 1. The summed E-state index contributed by atoms with van der Waals surface area (Å²) >= 11 is 0. The number of carbonyl (C=O) groups excluding carboxylic acids is 2. The first-order chi connectivity index (χ1) is 12.7. The molecule has 3 rings (SSSR count). The molecule has 1 amide bonds. The lowest BCUT2D eigenvalue weighted by atomic mass is 10.1. The Morgan fingerprint density at radius 1 is 1.11 bits per heavy atom. The topological polar surface area (TPSA) is 73.9 Å². The quantitative estimate of drug-likeness (QED) is 0.819. The molecule has 6 nitrogen and oxygen atoms in total. The molecule has 0 aromatic heterocycles. The third-order valence-electron chi connectivity index (χ3n) is 3.72. The highest BCUT2D eigenvalue weighted by Gasteiger charge is 2.31. The van der Waals surface area contributed by atoms with Crippen molar-refractivity contribution in [2.24, 2.45) is 0 Å². The molecule has 2 aromatic rings. The molecule has 1 aliphatic rings. The molecule has 0 fully saturated rings. The van der Waals surface area contributed by atoms with Gasteiger partial charge in [0.1, 0.15) is 0 Å². The van der Waals surface area contributed by atoms with Crippen LogP contribution in [0.2, 0.25) is 0 Å². The first-order valence-corrected chi connectivity index (χ1v) is 7.83. The van der Waals surface area contributed by atoms with Crippen molar-refractivity contribution in [3.8, 4) is 11.5 Å². The molecule has 0 saturated carbocycles. The van der Waals surface area contributed by atoms with Crippen LogP contribution in [0.4, 0.5) is 18.9 Å². The fraction of sp³-hybridized carbons (Fsp3) is 0.222. The number of ether oxygens (including phenoxy) is 3. The molecule has 27 heavy (non-hydrogen) atoms. The minimum absolute atomic E-state index is 0.0811. The lowest BCUT2D eigenvalue weighted by Gasteiger charge is -2.14. The van der Waals surface area contributed by atoms with E-state index in [1.54, 1.807) is 18.2 Å². The van der Waals surface area contributed by atoms with Crippen LogP contribution in [0, 0.1) is 0 Å². The van der Waals surface area contributed by atoms with Gasteiger partial charge >= 0.3 is 12.1 Å². The Hall–Kier alpha value is -3.23. The first-order valence-electron chi connectivity index (χ1n) is 7.83. The maximum Gasteiger partial charge on any atom is 0.416 e. The molecule has 0 spiro atoms. The molecule has 0 aliphatic carbocycles. The molecule has 1 atom stereocenters. The zero-order chi connectivity index (χ0) is 19.6. The van der Waals surface area contributed by atoms with Crippen LogP contribution in [0.1, 0.15) is 22.8 Å². The lowest BCUT2D eigenvalue weighted by Crippen LogP contribution is -2.30. The Labute approximate surface area is 151 Å². The number of nitrogens with one attached hydrogen (secondary N) is 1. The Balaban J connectivity index is 1.63. The van der Waals surface area contributed by atoms with Crippen LogP contribution in [-0.2, 0) is 15.7 Å². The first kappa shape index (κ1) is 18.6. The van der Waals surface area contributed by atoms with Gasteiger partial charge in [-0.3, -0.25) is 4.79 Å². The van der Waals surface area contributed by atoms with Crippen molar-refractivity contribution >= 4 is 17.6 Å². The Morgan fingerprint density at radius 2 is 1.85 bits per heavy atom. The molecule has 0 radical (unpaired) electrons. The molecule has 9 heteroatoms. The van der Waals surface area contributed by atoms with Gasteiger partial charge in [-0.2, -0.15) is 13.2 Å². The van der Waals surface area contributed by atoms with Gasteiger partial charge in [-0.15, -0.1) is 0 Å². The van der Waals surface area contributed by atoms with Crippen LogP contribution in [-0.4, -0.2) is 24.8 Å².